The highest BCUT2D eigenvalue weighted by Crippen LogP contribution is 2.37. The Labute approximate surface area is 167 Å². The number of rotatable bonds is 4. The van der Waals surface area contributed by atoms with Crippen molar-refractivity contribution in [3.63, 3.8) is 0 Å². The smallest absolute Gasteiger partial charge is 0.243 e. The summed E-state index contributed by atoms with van der Waals surface area (Å²) in [7, 11) is 0. The maximum absolute atomic E-state index is 11.7. The molecule has 3 heterocycles. The predicted molar refractivity (Wildman–Crippen MR) is 113 cm³/mol. The zero-order valence-electron chi connectivity index (χ0n) is 15.8. The molecule has 4 aromatic rings. The Balaban J connectivity index is 1.58. The molecule has 1 aliphatic carbocycles. The fourth-order valence-electron chi connectivity index (χ4n) is 4.00. The Kier molecular flexibility index (Phi) is 4.24. The van der Waals surface area contributed by atoms with E-state index >= 15 is 0 Å². The van der Waals surface area contributed by atoms with Crippen LogP contribution in [0.4, 0.5) is 0 Å². The molecule has 0 saturated heterocycles. The molecule has 0 aliphatic heterocycles. The van der Waals surface area contributed by atoms with E-state index in [1.54, 1.807) is 6.33 Å². The van der Waals surface area contributed by atoms with Crippen LogP contribution >= 0.6 is 0 Å². The van der Waals surface area contributed by atoms with Crippen molar-refractivity contribution in [1.29, 1.82) is 0 Å². The quantitative estimate of drug-likeness (QED) is 0.503. The van der Waals surface area contributed by atoms with Crippen LogP contribution in [-0.2, 0) is 4.79 Å². The van der Waals surface area contributed by atoms with E-state index in [9.17, 15) is 4.79 Å². The highest BCUT2D eigenvalue weighted by Gasteiger charge is 2.23. The number of amides is 1. The van der Waals surface area contributed by atoms with Gasteiger partial charge in [0.05, 0.1) is 11.1 Å². The van der Waals surface area contributed by atoms with Crippen molar-refractivity contribution in [2.24, 2.45) is 0 Å². The zero-order chi connectivity index (χ0) is 19.8. The Morgan fingerprint density at radius 1 is 1.31 bits per heavy atom. The normalized spacial score (nSPS) is 16.7. The van der Waals surface area contributed by atoms with Crippen molar-refractivity contribution in [2.45, 2.75) is 25.3 Å². The fraction of sp³-hybridized carbons (Fsp3) is 0.174. The first-order valence-electron chi connectivity index (χ1n) is 9.66. The second-order valence-corrected chi connectivity index (χ2v) is 7.22. The number of aromatic amines is 1. The number of fused-ring (bicyclic) bond motifs is 2. The van der Waals surface area contributed by atoms with Gasteiger partial charge >= 0.3 is 0 Å². The molecule has 0 spiro atoms. The van der Waals surface area contributed by atoms with E-state index in [1.807, 2.05) is 36.5 Å². The largest absolute Gasteiger partial charge is 0.456 e. The Morgan fingerprint density at radius 3 is 3.07 bits per heavy atom. The minimum absolute atomic E-state index is 0.0686. The summed E-state index contributed by atoms with van der Waals surface area (Å²) in [6, 6.07) is 10.1. The number of aromatic nitrogens is 3. The van der Waals surface area contributed by atoms with Crippen LogP contribution in [0.5, 0.6) is 0 Å². The van der Waals surface area contributed by atoms with E-state index in [0.29, 0.717) is 0 Å². The van der Waals surface area contributed by atoms with Gasteiger partial charge < -0.3 is 14.7 Å². The molecule has 1 aliphatic rings. The van der Waals surface area contributed by atoms with Crippen LogP contribution in [0.25, 0.3) is 38.9 Å². The van der Waals surface area contributed by atoms with E-state index in [-0.39, 0.29) is 11.9 Å². The highest BCUT2D eigenvalue weighted by molar-refractivity contribution is 6.01. The predicted octanol–water partition coefficient (Wildman–Crippen LogP) is 4.61. The molecule has 29 heavy (non-hydrogen) atoms. The zero-order valence-corrected chi connectivity index (χ0v) is 15.8. The van der Waals surface area contributed by atoms with Gasteiger partial charge in [0.1, 0.15) is 23.3 Å². The minimum atomic E-state index is -0.145. The molecule has 2 N–H and O–H groups in total. The van der Waals surface area contributed by atoms with Gasteiger partial charge in [-0.15, -0.1) is 0 Å². The first-order valence-corrected chi connectivity index (χ1v) is 9.66. The topological polar surface area (TPSA) is 83.8 Å². The van der Waals surface area contributed by atoms with Gasteiger partial charge in [-0.2, -0.15) is 0 Å². The van der Waals surface area contributed by atoms with Crippen LogP contribution in [0.15, 0.2) is 66.0 Å². The average molecular weight is 384 g/mol. The van der Waals surface area contributed by atoms with Crippen LogP contribution in [0.1, 0.15) is 25.0 Å². The van der Waals surface area contributed by atoms with E-state index in [1.165, 1.54) is 6.08 Å². The molecule has 144 valence electrons. The van der Waals surface area contributed by atoms with Crippen molar-refractivity contribution >= 4 is 33.5 Å². The van der Waals surface area contributed by atoms with Crippen LogP contribution in [0, 0.1) is 0 Å². The van der Waals surface area contributed by atoms with Gasteiger partial charge in [0.25, 0.3) is 0 Å². The molecular weight excluding hydrogens is 364 g/mol. The van der Waals surface area contributed by atoms with Crippen LogP contribution < -0.4 is 5.32 Å². The van der Waals surface area contributed by atoms with Gasteiger partial charge in [0, 0.05) is 23.2 Å². The lowest BCUT2D eigenvalue weighted by Crippen LogP contribution is -2.34. The first-order chi connectivity index (χ1) is 14.2. The number of carbonyl (C=O) groups is 1. The van der Waals surface area contributed by atoms with Gasteiger partial charge in [-0.3, -0.25) is 4.79 Å². The molecule has 1 atom stereocenters. The maximum atomic E-state index is 11.7. The third-order valence-corrected chi connectivity index (χ3v) is 5.37. The molecule has 1 aromatic carbocycles. The fourth-order valence-corrected chi connectivity index (χ4v) is 4.00. The summed E-state index contributed by atoms with van der Waals surface area (Å²) in [4.78, 5) is 24.0. The van der Waals surface area contributed by atoms with Gasteiger partial charge in [0.2, 0.25) is 5.91 Å². The third-order valence-electron chi connectivity index (χ3n) is 5.37. The number of allylic oxidation sites excluding steroid dienone is 1. The Morgan fingerprint density at radius 2 is 2.21 bits per heavy atom. The molecule has 6 heteroatoms. The summed E-state index contributed by atoms with van der Waals surface area (Å²) in [5.74, 6) is 0.634. The molecule has 1 amide bonds. The summed E-state index contributed by atoms with van der Waals surface area (Å²) < 4.78 is 6.09. The standard InChI is InChI=1S/C23H20N4O2/c1-2-20(28)27-16-8-5-7-15(10-16)22-21-17(12-24-23(21)26-13-25-22)19-11-14-6-3-4-9-18(14)29-19/h2-4,6-7,9,11-13,16H,1,5,8,10H2,(H,27,28)(H,24,25,26). The number of nitrogens with zero attached hydrogens (tertiary/aromatic N) is 2. The molecular formula is C23H20N4O2. The van der Waals surface area contributed by atoms with Crippen LogP contribution in [-0.4, -0.2) is 26.9 Å². The Hall–Kier alpha value is -3.67. The molecule has 3 aromatic heterocycles. The first kappa shape index (κ1) is 17.4. The lowest BCUT2D eigenvalue weighted by molar-refractivity contribution is -0.117. The summed E-state index contributed by atoms with van der Waals surface area (Å²) in [5.41, 5.74) is 4.53. The number of H-pyrrole nitrogens is 1. The van der Waals surface area contributed by atoms with Crippen molar-refractivity contribution in [1.82, 2.24) is 20.3 Å². The number of furan rings is 1. The van der Waals surface area contributed by atoms with Crippen molar-refractivity contribution in [3.05, 3.63) is 67.3 Å². The minimum Gasteiger partial charge on any atom is -0.456 e. The summed E-state index contributed by atoms with van der Waals surface area (Å²) in [5, 5.41) is 5.00. The third kappa shape index (κ3) is 3.12. The van der Waals surface area contributed by atoms with E-state index in [2.05, 4.69) is 32.9 Å². The van der Waals surface area contributed by atoms with Crippen molar-refractivity contribution < 1.29 is 9.21 Å². The molecule has 0 radical (unpaired) electrons. The van der Waals surface area contributed by atoms with Crippen LogP contribution in [0.2, 0.25) is 0 Å². The van der Waals surface area contributed by atoms with Crippen molar-refractivity contribution in [2.75, 3.05) is 0 Å². The average Bonchev–Trinajstić information content (AvgIpc) is 3.37. The molecule has 6 nitrogen and oxygen atoms in total. The molecule has 0 saturated carbocycles. The molecule has 0 fully saturated rings. The van der Waals surface area contributed by atoms with Crippen LogP contribution in [0.3, 0.4) is 0 Å². The monoisotopic (exact) mass is 384 g/mol. The summed E-state index contributed by atoms with van der Waals surface area (Å²) in [6.45, 7) is 3.54. The number of hydrogen-bond acceptors (Lipinski definition) is 4. The number of carbonyl (C=O) groups excluding carboxylic acids is 1. The lowest BCUT2D eigenvalue weighted by Gasteiger charge is -2.23. The van der Waals surface area contributed by atoms with E-state index in [4.69, 9.17) is 4.42 Å². The SMILES string of the molecule is C=CC(=O)NC1CCC=C(c2ncnc3[nH]cc(-c4cc5ccccc5o4)c23)C1. The second kappa shape index (κ2) is 7.05. The van der Waals surface area contributed by atoms with Gasteiger partial charge in [-0.25, -0.2) is 9.97 Å². The highest BCUT2D eigenvalue weighted by atomic mass is 16.3. The van der Waals surface area contributed by atoms with Gasteiger partial charge in [-0.05, 0) is 43.0 Å². The molecule has 5 rings (SSSR count). The number of nitrogens with one attached hydrogen (secondary N) is 2. The van der Waals surface area contributed by atoms with E-state index < -0.39 is 0 Å². The van der Waals surface area contributed by atoms with Gasteiger partial charge in [0.15, 0.2) is 0 Å². The Bertz CT molecular complexity index is 1230. The number of para-hydroxylation sites is 1. The molecule has 0 bridgehead atoms. The molecule has 1 unspecified atom stereocenters. The summed E-state index contributed by atoms with van der Waals surface area (Å²) >= 11 is 0. The number of benzene rings is 1. The van der Waals surface area contributed by atoms with Gasteiger partial charge in [-0.1, -0.05) is 30.9 Å². The second-order valence-electron chi connectivity index (χ2n) is 7.22. The lowest BCUT2D eigenvalue weighted by atomic mass is 9.91. The maximum Gasteiger partial charge on any atom is 0.243 e. The summed E-state index contributed by atoms with van der Waals surface area (Å²) in [6.07, 6.45) is 9.51. The van der Waals surface area contributed by atoms with E-state index in [0.717, 1.165) is 63.9 Å². The van der Waals surface area contributed by atoms with Crippen molar-refractivity contribution in [3.8, 4) is 11.3 Å². The number of hydrogen-bond donors (Lipinski definition) is 2.